The molecule has 1 fully saturated rings. The molecule has 1 saturated carbocycles. The van der Waals surface area contributed by atoms with Gasteiger partial charge in [-0.15, -0.1) is 0 Å². The third-order valence-corrected chi connectivity index (χ3v) is 4.41. The lowest BCUT2D eigenvalue weighted by molar-refractivity contribution is -0.116. The van der Waals surface area contributed by atoms with E-state index in [1.54, 1.807) is 12.2 Å². The topological polar surface area (TPSA) is 49.3 Å². The fraction of sp³-hybridized carbons (Fsp3) is 0.471. The predicted octanol–water partition coefficient (Wildman–Crippen LogP) is 3.33. The van der Waals surface area contributed by atoms with Crippen molar-refractivity contribution >= 4 is 23.6 Å². The summed E-state index contributed by atoms with van der Waals surface area (Å²) in [4.78, 5) is 11.8. The number of nitrogens with one attached hydrogen (secondary N) is 1. The molecule has 1 aromatic rings. The fourth-order valence-electron chi connectivity index (χ4n) is 2.54. The first-order valence-corrected chi connectivity index (χ1v) is 7.82. The van der Waals surface area contributed by atoms with Crippen molar-refractivity contribution in [3.05, 3.63) is 40.4 Å². The van der Waals surface area contributed by atoms with Crippen LogP contribution in [0.25, 0.3) is 6.08 Å². The minimum Gasteiger partial charge on any atom is -0.393 e. The number of rotatable bonds is 4. The van der Waals surface area contributed by atoms with E-state index in [9.17, 15) is 9.90 Å². The second-order valence-electron chi connectivity index (χ2n) is 5.76. The van der Waals surface area contributed by atoms with E-state index < -0.39 is 0 Å². The fourth-order valence-corrected chi connectivity index (χ4v) is 2.73. The summed E-state index contributed by atoms with van der Waals surface area (Å²) in [5.41, 5.74) is 1.94. The van der Waals surface area contributed by atoms with E-state index in [1.807, 2.05) is 25.1 Å². The largest absolute Gasteiger partial charge is 0.393 e. The van der Waals surface area contributed by atoms with Gasteiger partial charge in [0.15, 0.2) is 0 Å². The van der Waals surface area contributed by atoms with Crippen LogP contribution in [0.4, 0.5) is 0 Å². The SMILES string of the molecule is Cc1ccc(/C=C/C(=O)NCC2CCC(O)CC2)cc1Cl. The van der Waals surface area contributed by atoms with E-state index in [0.717, 1.165) is 36.8 Å². The van der Waals surface area contributed by atoms with Crippen LogP contribution in [-0.4, -0.2) is 23.7 Å². The Hall–Kier alpha value is -1.32. The van der Waals surface area contributed by atoms with E-state index in [0.29, 0.717) is 17.5 Å². The molecular formula is C17H22ClNO2. The molecule has 1 aliphatic rings. The second-order valence-corrected chi connectivity index (χ2v) is 6.17. The van der Waals surface area contributed by atoms with Crippen molar-refractivity contribution < 1.29 is 9.90 Å². The average molecular weight is 308 g/mol. The second kappa shape index (κ2) is 7.62. The van der Waals surface area contributed by atoms with Crippen molar-refractivity contribution in [1.82, 2.24) is 5.32 Å². The number of carbonyl (C=O) groups is 1. The molecule has 2 N–H and O–H groups in total. The normalized spacial score (nSPS) is 22.4. The van der Waals surface area contributed by atoms with Crippen LogP contribution in [-0.2, 0) is 4.79 Å². The Morgan fingerprint density at radius 2 is 2.10 bits per heavy atom. The molecule has 0 radical (unpaired) electrons. The maximum atomic E-state index is 11.8. The van der Waals surface area contributed by atoms with Crippen LogP contribution >= 0.6 is 11.6 Å². The smallest absolute Gasteiger partial charge is 0.244 e. The molecule has 1 aromatic carbocycles. The summed E-state index contributed by atoms with van der Waals surface area (Å²) >= 11 is 6.05. The molecule has 21 heavy (non-hydrogen) atoms. The molecule has 0 aliphatic heterocycles. The standard InChI is InChI=1S/C17H22ClNO2/c1-12-2-3-13(10-16(12)18)6-9-17(21)19-11-14-4-7-15(20)8-5-14/h2-3,6,9-10,14-15,20H,4-5,7-8,11H2,1H3,(H,19,21)/b9-6+. The highest BCUT2D eigenvalue weighted by Crippen LogP contribution is 2.23. The Balaban J connectivity index is 1.78. The molecule has 0 heterocycles. The summed E-state index contributed by atoms with van der Waals surface area (Å²) in [6, 6.07) is 5.73. The van der Waals surface area contributed by atoms with Gasteiger partial charge in [0.1, 0.15) is 0 Å². The van der Waals surface area contributed by atoms with Gasteiger partial charge in [-0.2, -0.15) is 0 Å². The van der Waals surface area contributed by atoms with Gasteiger partial charge in [-0.1, -0.05) is 23.7 Å². The van der Waals surface area contributed by atoms with Gasteiger partial charge in [0, 0.05) is 17.6 Å². The van der Waals surface area contributed by atoms with Crippen molar-refractivity contribution in [1.29, 1.82) is 0 Å². The van der Waals surface area contributed by atoms with Gasteiger partial charge in [0.25, 0.3) is 0 Å². The highest BCUT2D eigenvalue weighted by Gasteiger charge is 2.19. The Morgan fingerprint density at radius 3 is 2.76 bits per heavy atom. The van der Waals surface area contributed by atoms with Crippen molar-refractivity contribution in [3.8, 4) is 0 Å². The summed E-state index contributed by atoms with van der Waals surface area (Å²) in [5, 5.41) is 13.1. The molecule has 0 aromatic heterocycles. The average Bonchev–Trinajstić information content (AvgIpc) is 2.48. The van der Waals surface area contributed by atoms with Gasteiger partial charge in [-0.3, -0.25) is 4.79 Å². The summed E-state index contributed by atoms with van der Waals surface area (Å²) in [6.07, 6.45) is 6.82. The van der Waals surface area contributed by atoms with Crippen LogP contribution in [0.15, 0.2) is 24.3 Å². The molecule has 1 aliphatic carbocycles. The molecular weight excluding hydrogens is 286 g/mol. The van der Waals surface area contributed by atoms with E-state index >= 15 is 0 Å². The van der Waals surface area contributed by atoms with Crippen LogP contribution in [0.5, 0.6) is 0 Å². The van der Waals surface area contributed by atoms with Crippen LogP contribution < -0.4 is 5.32 Å². The van der Waals surface area contributed by atoms with E-state index in [4.69, 9.17) is 11.6 Å². The molecule has 0 atom stereocenters. The molecule has 4 heteroatoms. The van der Waals surface area contributed by atoms with E-state index in [-0.39, 0.29) is 12.0 Å². The van der Waals surface area contributed by atoms with Crippen LogP contribution in [0, 0.1) is 12.8 Å². The zero-order valence-corrected chi connectivity index (χ0v) is 13.1. The first kappa shape index (κ1) is 16.1. The van der Waals surface area contributed by atoms with Gasteiger partial charge in [0.2, 0.25) is 5.91 Å². The minimum absolute atomic E-state index is 0.0854. The van der Waals surface area contributed by atoms with Gasteiger partial charge < -0.3 is 10.4 Å². The first-order chi connectivity index (χ1) is 10.0. The molecule has 1 amide bonds. The Kier molecular flexibility index (Phi) is 5.83. The van der Waals surface area contributed by atoms with Crippen molar-refractivity contribution in [2.24, 2.45) is 5.92 Å². The van der Waals surface area contributed by atoms with Gasteiger partial charge in [-0.05, 0) is 61.8 Å². The van der Waals surface area contributed by atoms with Crippen molar-refractivity contribution in [2.75, 3.05) is 6.54 Å². The zero-order valence-electron chi connectivity index (χ0n) is 12.3. The summed E-state index contributed by atoms with van der Waals surface area (Å²) in [6.45, 7) is 2.63. The molecule has 0 bridgehead atoms. The lowest BCUT2D eigenvalue weighted by Crippen LogP contribution is -2.31. The van der Waals surface area contributed by atoms with Crippen LogP contribution in [0.3, 0.4) is 0 Å². The number of amides is 1. The van der Waals surface area contributed by atoms with E-state index in [2.05, 4.69) is 5.32 Å². The number of aryl methyl sites for hydroxylation is 1. The summed E-state index contributed by atoms with van der Waals surface area (Å²) in [7, 11) is 0. The molecule has 0 saturated heterocycles. The predicted molar refractivity (Wildman–Crippen MR) is 86.2 cm³/mol. The monoisotopic (exact) mass is 307 g/mol. The molecule has 114 valence electrons. The number of benzene rings is 1. The number of hydrogen-bond donors (Lipinski definition) is 2. The Bertz CT molecular complexity index is 520. The van der Waals surface area contributed by atoms with Gasteiger partial charge in [0.05, 0.1) is 6.10 Å². The number of aliphatic hydroxyl groups is 1. The zero-order chi connectivity index (χ0) is 15.2. The van der Waals surface area contributed by atoms with Crippen molar-refractivity contribution in [2.45, 2.75) is 38.7 Å². The molecule has 2 rings (SSSR count). The number of hydrogen-bond acceptors (Lipinski definition) is 2. The summed E-state index contributed by atoms with van der Waals surface area (Å²) < 4.78 is 0. The highest BCUT2D eigenvalue weighted by molar-refractivity contribution is 6.31. The molecule has 3 nitrogen and oxygen atoms in total. The van der Waals surface area contributed by atoms with Crippen LogP contribution in [0.2, 0.25) is 5.02 Å². The first-order valence-electron chi connectivity index (χ1n) is 7.44. The lowest BCUT2D eigenvalue weighted by Gasteiger charge is -2.25. The van der Waals surface area contributed by atoms with Crippen LogP contribution in [0.1, 0.15) is 36.8 Å². The van der Waals surface area contributed by atoms with E-state index in [1.165, 1.54) is 0 Å². The summed E-state index contributed by atoms with van der Waals surface area (Å²) in [5.74, 6) is 0.400. The minimum atomic E-state index is -0.150. The van der Waals surface area contributed by atoms with Gasteiger partial charge in [-0.25, -0.2) is 0 Å². The Labute approximate surface area is 131 Å². The molecule has 0 unspecified atom stereocenters. The maximum absolute atomic E-state index is 11.8. The number of halogens is 1. The number of aliphatic hydroxyl groups excluding tert-OH is 1. The quantitative estimate of drug-likeness (QED) is 0.838. The van der Waals surface area contributed by atoms with Gasteiger partial charge >= 0.3 is 0 Å². The number of carbonyl (C=O) groups excluding carboxylic acids is 1. The Morgan fingerprint density at radius 1 is 1.38 bits per heavy atom. The molecule has 0 spiro atoms. The van der Waals surface area contributed by atoms with Crippen molar-refractivity contribution in [3.63, 3.8) is 0 Å². The third-order valence-electron chi connectivity index (χ3n) is 4.00. The highest BCUT2D eigenvalue weighted by atomic mass is 35.5. The third kappa shape index (κ3) is 5.18. The maximum Gasteiger partial charge on any atom is 0.244 e. The lowest BCUT2D eigenvalue weighted by atomic mass is 9.87.